The summed E-state index contributed by atoms with van der Waals surface area (Å²) in [4.78, 5) is 5.96. The first-order valence-corrected chi connectivity index (χ1v) is 12.7. The molecule has 5 rings (SSSR count). The second-order valence-electron chi connectivity index (χ2n) is 8.25. The van der Waals surface area contributed by atoms with E-state index in [0.717, 1.165) is 43.7 Å². The number of halogens is 1. The molecule has 4 nitrogen and oxygen atoms in total. The Bertz CT molecular complexity index is 1460. The van der Waals surface area contributed by atoms with Gasteiger partial charge in [0.25, 0.3) is 0 Å². The molecule has 0 aliphatic heterocycles. The molecule has 0 fully saturated rings. The number of nitrogens with one attached hydrogen (secondary N) is 1. The molecule has 0 aliphatic carbocycles. The molecule has 0 unspecified atom stereocenters. The number of aryl methyl sites for hydroxylation is 1. The first-order chi connectivity index (χ1) is 17.7. The fourth-order valence-corrected chi connectivity index (χ4v) is 4.78. The Morgan fingerprint density at radius 2 is 1.58 bits per heavy atom. The van der Waals surface area contributed by atoms with Crippen molar-refractivity contribution in [3.63, 3.8) is 0 Å². The standard InChI is InChI=1S/C30H24ClN3OS/c1-21-11-15-23(16-12-21)28-29(24-7-3-2-4-8-24)36-30(33-28)34-32-19-22-13-17-26(18-14-22)35-20-25-9-5-6-10-27(25)31/h2-19H,20H2,1H3,(H,33,34)/b32-19-. The van der Waals surface area contributed by atoms with Crippen LogP contribution in [-0.2, 0) is 6.61 Å². The maximum Gasteiger partial charge on any atom is 0.204 e. The number of anilines is 1. The number of hydrogen-bond donors (Lipinski definition) is 1. The molecule has 0 radical (unpaired) electrons. The molecule has 0 saturated heterocycles. The highest BCUT2D eigenvalue weighted by molar-refractivity contribution is 7.19. The normalized spacial score (nSPS) is 11.1. The highest BCUT2D eigenvalue weighted by Crippen LogP contribution is 2.39. The van der Waals surface area contributed by atoms with E-state index in [-0.39, 0.29) is 0 Å². The van der Waals surface area contributed by atoms with Crippen LogP contribution in [0.3, 0.4) is 0 Å². The summed E-state index contributed by atoms with van der Waals surface area (Å²) in [6.45, 7) is 2.51. The number of nitrogens with zero attached hydrogens (tertiary/aromatic N) is 2. The maximum absolute atomic E-state index is 6.20. The topological polar surface area (TPSA) is 46.5 Å². The highest BCUT2D eigenvalue weighted by atomic mass is 35.5. The van der Waals surface area contributed by atoms with Crippen LogP contribution in [0.2, 0.25) is 5.02 Å². The maximum atomic E-state index is 6.20. The largest absolute Gasteiger partial charge is 0.489 e. The Labute approximate surface area is 219 Å². The van der Waals surface area contributed by atoms with E-state index in [2.05, 4.69) is 53.8 Å². The number of thiazole rings is 1. The van der Waals surface area contributed by atoms with Crippen LogP contribution in [-0.4, -0.2) is 11.2 Å². The summed E-state index contributed by atoms with van der Waals surface area (Å²) in [5, 5.41) is 5.86. The summed E-state index contributed by atoms with van der Waals surface area (Å²) >= 11 is 7.79. The van der Waals surface area contributed by atoms with Crippen molar-refractivity contribution < 1.29 is 4.74 Å². The number of ether oxygens (including phenoxy) is 1. The van der Waals surface area contributed by atoms with Gasteiger partial charge in [-0.25, -0.2) is 4.98 Å². The number of hydrazone groups is 1. The van der Waals surface area contributed by atoms with Gasteiger partial charge in [-0.3, -0.25) is 5.43 Å². The molecule has 5 aromatic rings. The third-order valence-electron chi connectivity index (χ3n) is 5.59. The number of benzene rings is 4. The molecule has 0 amide bonds. The lowest BCUT2D eigenvalue weighted by Crippen LogP contribution is -1.96. The zero-order valence-electron chi connectivity index (χ0n) is 19.7. The summed E-state index contributed by atoms with van der Waals surface area (Å²) in [7, 11) is 0. The molecule has 36 heavy (non-hydrogen) atoms. The van der Waals surface area contributed by atoms with Crippen LogP contribution in [0.5, 0.6) is 5.75 Å². The minimum absolute atomic E-state index is 0.422. The van der Waals surface area contributed by atoms with Crippen molar-refractivity contribution in [2.75, 3.05) is 5.43 Å². The van der Waals surface area contributed by atoms with Crippen LogP contribution in [0.25, 0.3) is 21.7 Å². The van der Waals surface area contributed by atoms with E-state index in [4.69, 9.17) is 21.3 Å². The number of rotatable bonds is 8. The fourth-order valence-electron chi connectivity index (χ4n) is 3.65. The van der Waals surface area contributed by atoms with E-state index in [1.807, 2.05) is 66.7 Å². The molecule has 0 bridgehead atoms. The van der Waals surface area contributed by atoms with Crippen molar-refractivity contribution in [2.24, 2.45) is 5.10 Å². The molecular weight excluding hydrogens is 486 g/mol. The Morgan fingerprint density at radius 1 is 0.861 bits per heavy atom. The summed E-state index contributed by atoms with van der Waals surface area (Å²) in [6.07, 6.45) is 1.77. The molecule has 0 atom stereocenters. The number of hydrogen-bond acceptors (Lipinski definition) is 5. The fraction of sp³-hybridized carbons (Fsp3) is 0.0667. The van der Waals surface area contributed by atoms with Gasteiger partial charge in [-0.05, 0) is 48.4 Å². The second-order valence-corrected chi connectivity index (χ2v) is 9.65. The van der Waals surface area contributed by atoms with Crippen LogP contribution < -0.4 is 10.2 Å². The third kappa shape index (κ3) is 5.82. The quantitative estimate of drug-likeness (QED) is 0.168. The lowest BCUT2D eigenvalue weighted by Gasteiger charge is -2.07. The van der Waals surface area contributed by atoms with Gasteiger partial charge < -0.3 is 4.74 Å². The predicted molar refractivity (Wildman–Crippen MR) is 151 cm³/mol. The van der Waals surface area contributed by atoms with Crippen molar-refractivity contribution >= 4 is 34.3 Å². The van der Waals surface area contributed by atoms with Gasteiger partial charge in [-0.15, -0.1) is 0 Å². The lowest BCUT2D eigenvalue weighted by atomic mass is 10.1. The zero-order valence-corrected chi connectivity index (χ0v) is 21.3. The smallest absolute Gasteiger partial charge is 0.204 e. The van der Waals surface area contributed by atoms with Gasteiger partial charge in [-0.1, -0.05) is 101 Å². The molecule has 1 heterocycles. The SMILES string of the molecule is Cc1ccc(-c2nc(N/N=C\c3ccc(OCc4ccccc4Cl)cc3)sc2-c2ccccc2)cc1. The summed E-state index contributed by atoms with van der Waals surface area (Å²) in [5.41, 5.74) is 9.40. The third-order valence-corrected chi connectivity index (χ3v) is 6.97. The number of aromatic nitrogens is 1. The minimum Gasteiger partial charge on any atom is -0.489 e. The van der Waals surface area contributed by atoms with Crippen LogP contribution in [0.15, 0.2) is 108 Å². The first kappa shape index (κ1) is 23.8. The highest BCUT2D eigenvalue weighted by Gasteiger charge is 2.14. The van der Waals surface area contributed by atoms with Crippen LogP contribution in [0.1, 0.15) is 16.7 Å². The van der Waals surface area contributed by atoms with Crippen LogP contribution in [0.4, 0.5) is 5.13 Å². The second kappa shape index (κ2) is 11.2. The molecule has 4 aromatic carbocycles. The first-order valence-electron chi connectivity index (χ1n) is 11.5. The van der Waals surface area contributed by atoms with Crippen molar-refractivity contribution in [1.82, 2.24) is 4.98 Å². The molecule has 0 aliphatic rings. The molecule has 0 saturated carbocycles. The van der Waals surface area contributed by atoms with Crippen molar-refractivity contribution in [2.45, 2.75) is 13.5 Å². The van der Waals surface area contributed by atoms with E-state index in [0.29, 0.717) is 11.6 Å². The Hall–Kier alpha value is -3.93. The van der Waals surface area contributed by atoms with Gasteiger partial charge in [0.15, 0.2) is 0 Å². The Balaban J connectivity index is 1.28. The van der Waals surface area contributed by atoms with E-state index in [9.17, 15) is 0 Å². The van der Waals surface area contributed by atoms with Crippen molar-refractivity contribution in [1.29, 1.82) is 0 Å². The molecule has 6 heteroatoms. The Morgan fingerprint density at radius 3 is 2.33 bits per heavy atom. The van der Waals surface area contributed by atoms with Gasteiger partial charge >= 0.3 is 0 Å². The summed E-state index contributed by atoms with van der Waals surface area (Å²) < 4.78 is 5.86. The molecule has 1 N–H and O–H groups in total. The van der Waals surface area contributed by atoms with E-state index in [1.165, 1.54) is 5.56 Å². The molecule has 0 spiro atoms. The van der Waals surface area contributed by atoms with E-state index >= 15 is 0 Å². The molecule has 178 valence electrons. The van der Waals surface area contributed by atoms with Gasteiger partial charge in [0, 0.05) is 16.1 Å². The summed E-state index contributed by atoms with van der Waals surface area (Å²) in [5.74, 6) is 0.773. The zero-order chi connectivity index (χ0) is 24.7. The average Bonchev–Trinajstić information content (AvgIpc) is 3.34. The molecule has 1 aromatic heterocycles. The monoisotopic (exact) mass is 509 g/mol. The average molecular weight is 510 g/mol. The van der Waals surface area contributed by atoms with E-state index in [1.54, 1.807) is 17.6 Å². The minimum atomic E-state index is 0.422. The van der Waals surface area contributed by atoms with Crippen molar-refractivity contribution in [3.05, 3.63) is 125 Å². The Kier molecular flexibility index (Phi) is 7.41. The van der Waals surface area contributed by atoms with Gasteiger partial charge in [-0.2, -0.15) is 5.10 Å². The van der Waals surface area contributed by atoms with Crippen LogP contribution in [0, 0.1) is 6.92 Å². The van der Waals surface area contributed by atoms with Crippen LogP contribution >= 0.6 is 22.9 Å². The van der Waals surface area contributed by atoms with Crippen molar-refractivity contribution in [3.8, 4) is 27.4 Å². The van der Waals surface area contributed by atoms with Gasteiger partial charge in [0.1, 0.15) is 12.4 Å². The molecular formula is C30H24ClN3OS. The van der Waals surface area contributed by atoms with E-state index < -0.39 is 0 Å². The van der Waals surface area contributed by atoms with Gasteiger partial charge in [0.2, 0.25) is 5.13 Å². The predicted octanol–water partition coefficient (Wildman–Crippen LogP) is 8.46. The lowest BCUT2D eigenvalue weighted by molar-refractivity contribution is 0.306. The van der Waals surface area contributed by atoms with Gasteiger partial charge in [0.05, 0.1) is 16.8 Å². The summed E-state index contributed by atoms with van der Waals surface area (Å²) in [6, 6.07) is 34.2.